The van der Waals surface area contributed by atoms with Gasteiger partial charge in [0.05, 0.1) is 6.67 Å². The van der Waals surface area contributed by atoms with Gasteiger partial charge in [-0.15, -0.1) is 0 Å². The molecular formula is C13H15ClFNO3S. The number of alkyl halides is 1. The van der Waals surface area contributed by atoms with Crippen molar-refractivity contribution in [2.24, 2.45) is 0 Å². The summed E-state index contributed by atoms with van der Waals surface area (Å²) in [7, 11) is -3.46. The zero-order valence-corrected chi connectivity index (χ0v) is 12.8. The molecular weight excluding hydrogens is 305 g/mol. The third-order valence-corrected chi connectivity index (χ3v) is 4.39. The minimum atomic E-state index is -3.46. The number of unbranched alkanes of at least 4 members (excludes halogenated alkanes) is 1. The molecule has 0 aliphatic carbocycles. The summed E-state index contributed by atoms with van der Waals surface area (Å²) in [4.78, 5) is 4.17. The zero-order valence-electron chi connectivity index (χ0n) is 11.2. The predicted octanol–water partition coefficient (Wildman–Crippen LogP) is 3.49. The van der Waals surface area contributed by atoms with Gasteiger partial charge in [-0.05, 0) is 25.8 Å². The van der Waals surface area contributed by atoms with Crippen LogP contribution >= 0.6 is 11.6 Å². The van der Waals surface area contributed by atoms with E-state index in [0.717, 1.165) is 11.8 Å². The van der Waals surface area contributed by atoms with Gasteiger partial charge in [-0.2, -0.15) is 0 Å². The van der Waals surface area contributed by atoms with E-state index in [9.17, 15) is 12.8 Å². The molecule has 2 rings (SSSR count). The Kier molecular flexibility index (Phi) is 4.34. The molecule has 7 heteroatoms. The van der Waals surface area contributed by atoms with Gasteiger partial charge in [0.2, 0.25) is 0 Å². The largest absolute Gasteiger partial charge is 0.458 e. The number of pyridine rings is 1. The van der Waals surface area contributed by atoms with Crippen LogP contribution in [0.2, 0.25) is 5.15 Å². The van der Waals surface area contributed by atoms with Crippen LogP contribution in [-0.2, 0) is 16.3 Å². The van der Waals surface area contributed by atoms with Crippen molar-refractivity contribution in [3.63, 3.8) is 0 Å². The van der Waals surface area contributed by atoms with Crippen molar-refractivity contribution in [2.75, 3.05) is 12.9 Å². The molecule has 0 saturated heterocycles. The summed E-state index contributed by atoms with van der Waals surface area (Å²) < 4.78 is 41.3. The van der Waals surface area contributed by atoms with E-state index in [0.29, 0.717) is 30.5 Å². The first-order valence-electron chi connectivity index (χ1n) is 6.19. The molecule has 0 bridgehead atoms. The Morgan fingerprint density at radius 1 is 1.40 bits per heavy atom. The fourth-order valence-corrected chi connectivity index (χ4v) is 3.12. The van der Waals surface area contributed by atoms with E-state index >= 15 is 0 Å². The van der Waals surface area contributed by atoms with Gasteiger partial charge in [-0.1, -0.05) is 11.6 Å². The van der Waals surface area contributed by atoms with Crippen LogP contribution in [0.25, 0.3) is 11.1 Å². The van der Waals surface area contributed by atoms with E-state index in [2.05, 4.69) is 4.98 Å². The minimum absolute atomic E-state index is 0.0346. The number of rotatable bonds is 5. The molecule has 2 aromatic rings. The second-order valence-electron chi connectivity index (χ2n) is 4.69. The highest BCUT2D eigenvalue weighted by Gasteiger charge is 2.21. The number of furan rings is 1. The molecule has 0 unspecified atom stereocenters. The van der Waals surface area contributed by atoms with Crippen molar-refractivity contribution in [3.8, 4) is 0 Å². The van der Waals surface area contributed by atoms with Crippen LogP contribution in [0.15, 0.2) is 15.4 Å². The van der Waals surface area contributed by atoms with E-state index in [4.69, 9.17) is 16.0 Å². The van der Waals surface area contributed by atoms with Crippen LogP contribution < -0.4 is 0 Å². The van der Waals surface area contributed by atoms with Gasteiger partial charge in [0.25, 0.3) is 0 Å². The Bertz CT molecular complexity index is 740. The van der Waals surface area contributed by atoms with E-state index < -0.39 is 9.84 Å². The van der Waals surface area contributed by atoms with Gasteiger partial charge in [0.1, 0.15) is 21.3 Å². The van der Waals surface area contributed by atoms with Crippen molar-refractivity contribution in [1.82, 2.24) is 4.98 Å². The second kappa shape index (κ2) is 5.69. The zero-order chi connectivity index (χ0) is 14.9. The number of sulfone groups is 1. The lowest BCUT2D eigenvalue weighted by Crippen LogP contribution is -1.98. The molecule has 0 atom stereocenters. The third-order valence-electron chi connectivity index (χ3n) is 3.09. The summed E-state index contributed by atoms with van der Waals surface area (Å²) in [6.45, 7) is 1.42. The standard InChI is InChI=1S/C13H15ClFNO3S/c1-8-9(5-3-4-6-15)19-13-10(20(2,17)18)7-11(14)16-12(8)13/h7H,3-6H2,1-2H3. The summed E-state index contributed by atoms with van der Waals surface area (Å²) in [5.74, 6) is 0.633. The maximum Gasteiger partial charge on any atom is 0.179 e. The predicted molar refractivity (Wildman–Crippen MR) is 75.8 cm³/mol. The SMILES string of the molecule is Cc1c(CCCCF)oc2c(S(C)(=O)=O)cc(Cl)nc12. The van der Waals surface area contributed by atoms with Crippen molar-refractivity contribution >= 4 is 32.5 Å². The first kappa shape index (κ1) is 15.3. The molecule has 2 aromatic heterocycles. The van der Waals surface area contributed by atoms with E-state index in [1.54, 1.807) is 6.92 Å². The topological polar surface area (TPSA) is 60.2 Å². The van der Waals surface area contributed by atoms with Crippen LogP contribution in [0.3, 0.4) is 0 Å². The molecule has 0 saturated carbocycles. The molecule has 4 nitrogen and oxygen atoms in total. The molecule has 0 aliphatic heterocycles. The molecule has 0 spiro atoms. The Balaban J connectivity index is 2.58. The van der Waals surface area contributed by atoms with Crippen LogP contribution in [0.4, 0.5) is 4.39 Å². The quantitative estimate of drug-likeness (QED) is 0.625. The van der Waals surface area contributed by atoms with Gasteiger partial charge >= 0.3 is 0 Å². The lowest BCUT2D eigenvalue weighted by Gasteiger charge is -2.00. The Morgan fingerprint density at radius 3 is 2.70 bits per heavy atom. The summed E-state index contributed by atoms with van der Waals surface area (Å²) in [6, 6.07) is 1.29. The first-order valence-corrected chi connectivity index (χ1v) is 8.46. The maximum atomic E-state index is 12.1. The monoisotopic (exact) mass is 319 g/mol. The van der Waals surface area contributed by atoms with Crippen LogP contribution in [-0.4, -0.2) is 26.3 Å². The van der Waals surface area contributed by atoms with E-state index in [1.807, 2.05) is 0 Å². The summed E-state index contributed by atoms with van der Waals surface area (Å²) in [5, 5.41) is 0.108. The second-order valence-corrected chi connectivity index (χ2v) is 7.06. The van der Waals surface area contributed by atoms with Crippen molar-refractivity contribution in [3.05, 3.63) is 22.5 Å². The lowest BCUT2D eigenvalue weighted by atomic mass is 10.1. The Morgan fingerprint density at radius 2 is 2.10 bits per heavy atom. The number of hydrogen-bond acceptors (Lipinski definition) is 4. The fraction of sp³-hybridized carbons (Fsp3) is 0.462. The highest BCUT2D eigenvalue weighted by Crippen LogP contribution is 2.31. The minimum Gasteiger partial charge on any atom is -0.458 e. The molecule has 0 fully saturated rings. The summed E-state index contributed by atoms with van der Waals surface area (Å²) in [5.41, 5.74) is 1.43. The molecule has 0 aromatic carbocycles. The molecule has 0 N–H and O–H groups in total. The van der Waals surface area contributed by atoms with Crippen molar-refractivity contribution < 1.29 is 17.2 Å². The van der Waals surface area contributed by atoms with Crippen molar-refractivity contribution in [2.45, 2.75) is 31.1 Å². The van der Waals surface area contributed by atoms with Gasteiger partial charge in [-0.25, -0.2) is 13.4 Å². The molecule has 0 amide bonds. The van der Waals surface area contributed by atoms with Gasteiger partial charge < -0.3 is 4.42 Å². The number of nitrogens with zero attached hydrogens (tertiary/aromatic N) is 1. The Labute approximate surface area is 121 Å². The van der Waals surface area contributed by atoms with E-state index in [-0.39, 0.29) is 22.3 Å². The van der Waals surface area contributed by atoms with Gasteiger partial charge in [0.15, 0.2) is 15.4 Å². The fourth-order valence-electron chi connectivity index (χ4n) is 2.06. The number of aryl methyl sites for hydroxylation is 2. The number of fused-ring (bicyclic) bond motifs is 1. The summed E-state index contributed by atoms with van der Waals surface area (Å²) >= 11 is 5.87. The average molecular weight is 320 g/mol. The number of aromatic nitrogens is 1. The third kappa shape index (κ3) is 2.96. The molecule has 0 aliphatic rings. The number of hydrogen-bond donors (Lipinski definition) is 0. The molecule has 2 heterocycles. The smallest absolute Gasteiger partial charge is 0.179 e. The highest BCUT2D eigenvalue weighted by molar-refractivity contribution is 7.91. The first-order chi connectivity index (χ1) is 9.34. The maximum absolute atomic E-state index is 12.1. The molecule has 110 valence electrons. The summed E-state index contributed by atoms with van der Waals surface area (Å²) in [6.07, 6.45) is 2.73. The van der Waals surface area contributed by atoms with E-state index in [1.165, 1.54) is 6.07 Å². The highest BCUT2D eigenvalue weighted by atomic mass is 35.5. The van der Waals surface area contributed by atoms with Gasteiger partial charge in [-0.3, -0.25) is 4.39 Å². The molecule has 20 heavy (non-hydrogen) atoms. The van der Waals surface area contributed by atoms with Crippen LogP contribution in [0.1, 0.15) is 24.2 Å². The van der Waals surface area contributed by atoms with Crippen LogP contribution in [0, 0.1) is 6.92 Å². The number of halogens is 2. The lowest BCUT2D eigenvalue weighted by molar-refractivity contribution is 0.449. The average Bonchev–Trinajstić information content (AvgIpc) is 2.65. The van der Waals surface area contributed by atoms with Gasteiger partial charge in [0, 0.05) is 18.2 Å². The van der Waals surface area contributed by atoms with Crippen LogP contribution in [0.5, 0.6) is 0 Å². The normalized spacial score (nSPS) is 12.2. The Hall–Kier alpha value is -1.14. The van der Waals surface area contributed by atoms with Crippen molar-refractivity contribution in [1.29, 1.82) is 0 Å². The molecule has 0 radical (unpaired) electrons.